The van der Waals surface area contributed by atoms with Gasteiger partial charge in [0.05, 0.1) is 26.4 Å². The third-order valence-electron chi connectivity index (χ3n) is 3.25. The predicted molar refractivity (Wildman–Crippen MR) is 88.2 cm³/mol. The van der Waals surface area contributed by atoms with E-state index in [1.807, 2.05) is 0 Å². The maximum Gasteiger partial charge on any atom is 0.335 e. The first kappa shape index (κ1) is 18.5. The van der Waals surface area contributed by atoms with E-state index in [4.69, 9.17) is 23.5 Å². The molecule has 1 atom stereocenters. The van der Waals surface area contributed by atoms with Crippen LogP contribution in [0.2, 0.25) is 0 Å². The van der Waals surface area contributed by atoms with Gasteiger partial charge in [0.15, 0.2) is 12.7 Å². The van der Waals surface area contributed by atoms with Crippen LogP contribution in [0.5, 0.6) is 11.5 Å². The van der Waals surface area contributed by atoms with Crippen LogP contribution in [0.3, 0.4) is 0 Å². The standard InChI is InChI=1S/C17H20N2O6/c1-5-8-23-11(2)17(20)24-10-15-18-16(19-25-15)13-7-6-12(21-3)9-14(13)22-4/h5-7,9,11H,1,8,10H2,2-4H3. The summed E-state index contributed by atoms with van der Waals surface area (Å²) in [6.45, 7) is 5.22. The number of aromatic nitrogens is 2. The summed E-state index contributed by atoms with van der Waals surface area (Å²) in [7, 11) is 3.10. The van der Waals surface area contributed by atoms with Crippen molar-refractivity contribution in [3.05, 3.63) is 36.7 Å². The average molecular weight is 348 g/mol. The van der Waals surface area contributed by atoms with E-state index in [0.29, 0.717) is 22.9 Å². The Morgan fingerprint density at radius 2 is 2.16 bits per heavy atom. The van der Waals surface area contributed by atoms with Crippen LogP contribution in [-0.4, -0.2) is 43.0 Å². The lowest BCUT2D eigenvalue weighted by Crippen LogP contribution is -2.23. The number of esters is 1. The van der Waals surface area contributed by atoms with Crippen molar-refractivity contribution < 1.29 is 28.3 Å². The van der Waals surface area contributed by atoms with Gasteiger partial charge in [-0.25, -0.2) is 4.79 Å². The van der Waals surface area contributed by atoms with Crippen molar-refractivity contribution in [1.29, 1.82) is 0 Å². The minimum atomic E-state index is -0.706. The van der Waals surface area contributed by atoms with E-state index in [-0.39, 0.29) is 19.1 Å². The SMILES string of the molecule is C=CCOC(C)C(=O)OCc1nc(-c2ccc(OC)cc2OC)no1. The molecule has 0 radical (unpaired) electrons. The quantitative estimate of drug-likeness (QED) is 0.504. The highest BCUT2D eigenvalue weighted by molar-refractivity contribution is 5.74. The van der Waals surface area contributed by atoms with E-state index in [1.165, 1.54) is 7.11 Å². The zero-order valence-corrected chi connectivity index (χ0v) is 14.4. The van der Waals surface area contributed by atoms with Crippen LogP contribution >= 0.6 is 0 Å². The molecule has 1 unspecified atom stereocenters. The Labute approximate surface area is 145 Å². The van der Waals surface area contributed by atoms with E-state index < -0.39 is 12.1 Å². The highest BCUT2D eigenvalue weighted by Gasteiger charge is 2.18. The molecule has 0 fully saturated rings. The van der Waals surface area contributed by atoms with E-state index >= 15 is 0 Å². The number of nitrogens with zero attached hydrogens (tertiary/aromatic N) is 2. The lowest BCUT2D eigenvalue weighted by atomic mass is 10.2. The fourth-order valence-corrected chi connectivity index (χ4v) is 1.94. The van der Waals surface area contributed by atoms with Crippen LogP contribution in [-0.2, 0) is 20.9 Å². The first-order valence-electron chi connectivity index (χ1n) is 7.53. The molecule has 0 N–H and O–H groups in total. The van der Waals surface area contributed by atoms with Crippen LogP contribution < -0.4 is 9.47 Å². The summed E-state index contributed by atoms with van der Waals surface area (Å²) in [6, 6.07) is 5.22. The van der Waals surface area contributed by atoms with E-state index in [2.05, 4.69) is 16.7 Å². The van der Waals surface area contributed by atoms with Crippen molar-refractivity contribution in [3.63, 3.8) is 0 Å². The lowest BCUT2D eigenvalue weighted by Gasteiger charge is -2.09. The summed E-state index contributed by atoms with van der Waals surface area (Å²) in [5.41, 5.74) is 0.632. The minimum absolute atomic E-state index is 0.147. The van der Waals surface area contributed by atoms with Gasteiger partial charge < -0.3 is 23.5 Å². The molecule has 0 amide bonds. The van der Waals surface area contributed by atoms with Gasteiger partial charge in [0, 0.05) is 6.07 Å². The van der Waals surface area contributed by atoms with Crippen molar-refractivity contribution in [1.82, 2.24) is 10.1 Å². The van der Waals surface area contributed by atoms with Crippen LogP contribution in [0.15, 0.2) is 35.4 Å². The Kier molecular flexibility index (Phi) is 6.53. The largest absolute Gasteiger partial charge is 0.497 e. The number of rotatable bonds is 9. The van der Waals surface area contributed by atoms with Crippen molar-refractivity contribution in [2.24, 2.45) is 0 Å². The topological polar surface area (TPSA) is 92.9 Å². The van der Waals surface area contributed by atoms with Crippen molar-refractivity contribution in [2.75, 3.05) is 20.8 Å². The molecule has 25 heavy (non-hydrogen) atoms. The molecule has 1 aromatic heterocycles. The Bertz CT molecular complexity index is 728. The number of carbonyl (C=O) groups is 1. The summed E-state index contributed by atoms with van der Waals surface area (Å²) in [6.07, 6.45) is 0.845. The molecule has 0 spiro atoms. The molecule has 0 saturated heterocycles. The molecular formula is C17H20N2O6. The maximum atomic E-state index is 11.8. The second-order valence-electron chi connectivity index (χ2n) is 4.95. The molecule has 8 heteroatoms. The molecule has 0 bridgehead atoms. The van der Waals surface area contributed by atoms with Crippen LogP contribution in [0.1, 0.15) is 12.8 Å². The Hall–Kier alpha value is -2.87. The Balaban J connectivity index is 2.03. The van der Waals surface area contributed by atoms with Gasteiger partial charge in [0.25, 0.3) is 5.89 Å². The number of ether oxygens (including phenoxy) is 4. The molecule has 0 aliphatic carbocycles. The first-order valence-corrected chi connectivity index (χ1v) is 7.53. The monoisotopic (exact) mass is 348 g/mol. The van der Waals surface area contributed by atoms with Gasteiger partial charge in [-0.1, -0.05) is 11.2 Å². The molecular weight excluding hydrogens is 328 g/mol. The van der Waals surface area contributed by atoms with Crippen molar-refractivity contribution in [2.45, 2.75) is 19.6 Å². The van der Waals surface area contributed by atoms with Gasteiger partial charge in [-0.15, -0.1) is 6.58 Å². The minimum Gasteiger partial charge on any atom is -0.497 e. The second kappa shape index (κ2) is 8.84. The molecule has 0 aliphatic rings. The van der Waals surface area contributed by atoms with Gasteiger partial charge in [-0.3, -0.25) is 0 Å². The predicted octanol–water partition coefficient (Wildman–Crippen LogP) is 2.39. The summed E-state index contributed by atoms with van der Waals surface area (Å²) in [5, 5.41) is 3.88. The van der Waals surface area contributed by atoms with Crippen LogP contribution in [0, 0.1) is 0 Å². The molecule has 8 nitrogen and oxygen atoms in total. The molecule has 1 aromatic carbocycles. The summed E-state index contributed by atoms with van der Waals surface area (Å²) >= 11 is 0. The van der Waals surface area contributed by atoms with E-state index in [9.17, 15) is 4.79 Å². The number of carbonyl (C=O) groups excluding carboxylic acids is 1. The van der Waals surface area contributed by atoms with Crippen molar-refractivity contribution >= 4 is 5.97 Å². The van der Waals surface area contributed by atoms with Gasteiger partial charge >= 0.3 is 5.97 Å². The molecule has 0 saturated carbocycles. The molecule has 1 heterocycles. The fraction of sp³-hybridized carbons (Fsp3) is 0.353. The molecule has 2 rings (SSSR count). The second-order valence-corrected chi connectivity index (χ2v) is 4.95. The normalized spacial score (nSPS) is 11.6. The number of hydrogen-bond acceptors (Lipinski definition) is 8. The van der Waals surface area contributed by atoms with Gasteiger partial charge in [-0.2, -0.15) is 4.98 Å². The summed E-state index contributed by atoms with van der Waals surface area (Å²) in [5.74, 6) is 1.14. The number of benzene rings is 1. The third-order valence-corrected chi connectivity index (χ3v) is 3.25. The highest BCUT2D eigenvalue weighted by Crippen LogP contribution is 2.31. The van der Waals surface area contributed by atoms with Gasteiger partial charge in [0.1, 0.15) is 11.5 Å². The van der Waals surface area contributed by atoms with Gasteiger partial charge in [-0.05, 0) is 19.1 Å². The van der Waals surface area contributed by atoms with Crippen LogP contribution in [0.25, 0.3) is 11.4 Å². The van der Waals surface area contributed by atoms with E-state index in [0.717, 1.165) is 0 Å². The zero-order chi connectivity index (χ0) is 18.2. The van der Waals surface area contributed by atoms with Gasteiger partial charge in [0.2, 0.25) is 5.82 Å². The Morgan fingerprint density at radius 1 is 1.36 bits per heavy atom. The smallest absolute Gasteiger partial charge is 0.335 e. The fourth-order valence-electron chi connectivity index (χ4n) is 1.94. The van der Waals surface area contributed by atoms with Crippen LogP contribution in [0.4, 0.5) is 0 Å². The molecule has 2 aromatic rings. The Morgan fingerprint density at radius 3 is 2.84 bits per heavy atom. The summed E-state index contributed by atoms with van der Waals surface area (Å²) in [4.78, 5) is 16.0. The third kappa shape index (κ3) is 4.80. The number of hydrogen-bond donors (Lipinski definition) is 0. The first-order chi connectivity index (χ1) is 12.1. The molecule has 0 aliphatic heterocycles. The summed E-state index contributed by atoms with van der Waals surface area (Å²) < 4.78 is 25.8. The molecule has 134 valence electrons. The van der Waals surface area contributed by atoms with Crippen molar-refractivity contribution in [3.8, 4) is 22.9 Å². The average Bonchev–Trinajstić information content (AvgIpc) is 3.12. The highest BCUT2D eigenvalue weighted by atomic mass is 16.6. The maximum absolute atomic E-state index is 11.8. The lowest BCUT2D eigenvalue weighted by molar-refractivity contribution is -0.157. The zero-order valence-electron chi connectivity index (χ0n) is 14.4. The van der Waals surface area contributed by atoms with E-state index in [1.54, 1.807) is 38.3 Å². The number of methoxy groups -OCH3 is 2.